The lowest BCUT2D eigenvalue weighted by atomic mass is 9.90. The predicted molar refractivity (Wildman–Crippen MR) is 173 cm³/mol. The van der Waals surface area contributed by atoms with Crippen LogP contribution in [-0.2, 0) is 43.6 Å². The van der Waals surface area contributed by atoms with E-state index in [0.29, 0.717) is 19.8 Å². The highest BCUT2D eigenvalue weighted by atomic mass is 16.6. The molecule has 1 aliphatic rings. The largest absolute Gasteiger partial charge is 0.480 e. The van der Waals surface area contributed by atoms with Crippen LogP contribution >= 0.6 is 0 Å². The van der Waals surface area contributed by atoms with E-state index < -0.39 is 36.4 Å². The van der Waals surface area contributed by atoms with E-state index in [0.717, 1.165) is 22.3 Å². The molecule has 7 atom stereocenters. The summed E-state index contributed by atoms with van der Waals surface area (Å²) in [5, 5.41) is 13.6. The molecule has 236 valence electrons. The molecule has 1 fully saturated rings. The smallest absolute Gasteiger partial charge is 0.320 e. The molecule has 0 aromatic heterocycles. The van der Waals surface area contributed by atoms with Crippen LogP contribution in [0.25, 0.3) is 0 Å². The van der Waals surface area contributed by atoms with Crippen molar-refractivity contribution in [1.82, 2.24) is 5.32 Å². The van der Waals surface area contributed by atoms with E-state index in [1.807, 2.05) is 135 Å². The number of carboxylic acids is 1. The van der Waals surface area contributed by atoms with Gasteiger partial charge in [0.15, 0.2) is 0 Å². The van der Waals surface area contributed by atoms with E-state index >= 15 is 0 Å². The number of aliphatic carboxylic acids is 1. The summed E-state index contributed by atoms with van der Waals surface area (Å²) in [6.07, 6.45) is -2.33. The molecule has 1 saturated heterocycles. The first-order valence-electron chi connectivity index (χ1n) is 15.6. The Morgan fingerprint density at radius 3 is 1.58 bits per heavy atom. The van der Waals surface area contributed by atoms with Crippen LogP contribution in [0.1, 0.15) is 48.6 Å². The lowest BCUT2D eigenvalue weighted by molar-refractivity contribution is -0.263. The molecule has 0 aliphatic carbocycles. The third-order valence-corrected chi connectivity index (χ3v) is 8.24. The zero-order valence-electron chi connectivity index (χ0n) is 25.9. The van der Waals surface area contributed by atoms with Gasteiger partial charge in [0.1, 0.15) is 24.4 Å². The molecule has 0 radical (unpaired) electrons. The maximum atomic E-state index is 12.6. The SMILES string of the molecule is C[C@H](N[C@@H](C[C@@H]1O[C@@H](C)[C@@H](OCc2ccccc2)[C@@H](OCc2ccccc2)[C@@H]1OCc1ccccc1)C(=O)O)c1ccccc1. The molecule has 5 rings (SSSR count). The zero-order valence-corrected chi connectivity index (χ0v) is 25.9. The van der Waals surface area contributed by atoms with Gasteiger partial charge in [-0.2, -0.15) is 0 Å². The minimum atomic E-state index is -0.944. The average Bonchev–Trinajstić information content (AvgIpc) is 3.07. The van der Waals surface area contributed by atoms with Crippen LogP contribution in [0.2, 0.25) is 0 Å². The van der Waals surface area contributed by atoms with Gasteiger partial charge in [-0.15, -0.1) is 0 Å². The highest BCUT2D eigenvalue weighted by Crippen LogP contribution is 2.32. The summed E-state index contributed by atoms with van der Waals surface area (Å²) in [6, 6.07) is 38.7. The molecule has 0 spiro atoms. The zero-order chi connectivity index (χ0) is 31.4. The summed E-state index contributed by atoms with van der Waals surface area (Å²) in [6.45, 7) is 4.99. The molecule has 4 aromatic rings. The molecular weight excluding hydrogens is 566 g/mol. The van der Waals surface area contributed by atoms with Crippen LogP contribution in [0.4, 0.5) is 0 Å². The quantitative estimate of drug-likeness (QED) is 0.155. The number of carboxylic acid groups (broad SMARTS) is 1. The fraction of sp³-hybridized carbons (Fsp3) is 0.342. The summed E-state index contributed by atoms with van der Waals surface area (Å²) in [7, 11) is 0. The first kappa shape index (κ1) is 32.5. The van der Waals surface area contributed by atoms with Gasteiger partial charge < -0.3 is 24.1 Å². The van der Waals surface area contributed by atoms with Crippen molar-refractivity contribution in [2.24, 2.45) is 0 Å². The number of hydrogen-bond acceptors (Lipinski definition) is 6. The second kappa shape index (κ2) is 16.5. The lowest BCUT2D eigenvalue weighted by Crippen LogP contribution is -2.60. The second-order valence-electron chi connectivity index (χ2n) is 11.6. The number of nitrogens with one attached hydrogen (secondary N) is 1. The van der Waals surface area contributed by atoms with Crippen molar-refractivity contribution in [3.8, 4) is 0 Å². The van der Waals surface area contributed by atoms with E-state index in [2.05, 4.69) is 5.32 Å². The van der Waals surface area contributed by atoms with Crippen molar-refractivity contribution < 1.29 is 28.8 Å². The van der Waals surface area contributed by atoms with Crippen molar-refractivity contribution in [3.05, 3.63) is 144 Å². The molecule has 1 heterocycles. The van der Waals surface area contributed by atoms with E-state index in [9.17, 15) is 9.90 Å². The van der Waals surface area contributed by atoms with E-state index in [1.54, 1.807) is 0 Å². The average molecular weight is 610 g/mol. The number of benzene rings is 4. The van der Waals surface area contributed by atoms with Crippen molar-refractivity contribution in [3.63, 3.8) is 0 Å². The number of carbonyl (C=O) groups is 1. The van der Waals surface area contributed by atoms with E-state index in [-0.39, 0.29) is 18.6 Å². The summed E-state index contributed by atoms with van der Waals surface area (Å²) in [5.74, 6) is -0.944. The maximum Gasteiger partial charge on any atom is 0.320 e. The summed E-state index contributed by atoms with van der Waals surface area (Å²) in [4.78, 5) is 12.6. The molecule has 0 bridgehead atoms. The number of ether oxygens (including phenoxy) is 4. The Kier molecular flexibility index (Phi) is 11.9. The third kappa shape index (κ3) is 9.33. The minimum absolute atomic E-state index is 0.177. The molecule has 2 N–H and O–H groups in total. The molecule has 45 heavy (non-hydrogen) atoms. The van der Waals surface area contributed by atoms with Gasteiger partial charge in [0, 0.05) is 12.5 Å². The van der Waals surface area contributed by atoms with Crippen molar-refractivity contribution in [1.29, 1.82) is 0 Å². The first-order valence-corrected chi connectivity index (χ1v) is 15.6. The van der Waals surface area contributed by atoms with Gasteiger partial charge in [-0.1, -0.05) is 121 Å². The number of rotatable bonds is 15. The lowest BCUT2D eigenvalue weighted by Gasteiger charge is -2.46. The first-order chi connectivity index (χ1) is 22.0. The van der Waals surface area contributed by atoms with E-state index in [4.69, 9.17) is 18.9 Å². The van der Waals surface area contributed by atoms with Crippen LogP contribution < -0.4 is 5.32 Å². The highest BCUT2D eigenvalue weighted by molar-refractivity contribution is 5.73. The fourth-order valence-electron chi connectivity index (χ4n) is 5.82. The Bertz CT molecular complexity index is 1420. The number of hydrogen-bond donors (Lipinski definition) is 2. The molecular formula is C38H43NO6. The topological polar surface area (TPSA) is 86.3 Å². The van der Waals surface area contributed by atoms with Gasteiger partial charge in [0.05, 0.1) is 32.0 Å². The Balaban J connectivity index is 1.42. The normalized spacial score (nSPS) is 22.8. The molecule has 7 nitrogen and oxygen atoms in total. The summed E-state index contributed by atoms with van der Waals surface area (Å²) < 4.78 is 26.4. The second-order valence-corrected chi connectivity index (χ2v) is 11.6. The molecule has 7 heteroatoms. The Labute approximate surface area is 266 Å². The maximum absolute atomic E-state index is 12.6. The van der Waals surface area contributed by atoms with Crippen LogP contribution in [0.5, 0.6) is 0 Å². The van der Waals surface area contributed by atoms with Crippen molar-refractivity contribution in [2.75, 3.05) is 0 Å². The standard InChI is InChI=1S/C38H43NO6/c1-27(32-21-13-6-14-22-32)39-33(38(40)41)23-34-36(43-25-30-17-9-4-10-18-30)37(44-26-31-19-11-5-12-20-31)35(28(2)45-34)42-24-29-15-7-3-8-16-29/h3-22,27-28,33-37,39H,23-26H2,1-2H3,(H,40,41)/t27-,28-,33-,34-,35+,36+,37+/m0/s1. The van der Waals surface area contributed by atoms with Gasteiger partial charge in [0.25, 0.3) is 0 Å². The van der Waals surface area contributed by atoms with E-state index in [1.165, 1.54) is 0 Å². The molecule has 4 aromatic carbocycles. The van der Waals surface area contributed by atoms with Gasteiger partial charge in [-0.05, 0) is 36.1 Å². The molecule has 1 aliphatic heterocycles. The monoisotopic (exact) mass is 609 g/mol. The van der Waals surface area contributed by atoms with Crippen LogP contribution in [-0.4, -0.2) is 47.6 Å². The highest BCUT2D eigenvalue weighted by Gasteiger charge is 2.48. The van der Waals surface area contributed by atoms with Crippen LogP contribution in [0.3, 0.4) is 0 Å². The minimum Gasteiger partial charge on any atom is -0.480 e. The van der Waals surface area contributed by atoms with Gasteiger partial charge in [-0.25, -0.2) is 0 Å². The van der Waals surface area contributed by atoms with Gasteiger partial charge >= 0.3 is 5.97 Å². The molecule has 0 amide bonds. The Hall–Kier alpha value is -3.85. The Morgan fingerprint density at radius 2 is 1.11 bits per heavy atom. The Morgan fingerprint density at radius 1 is 0.689 bits per heavy atom. The molecule has 0 saturated carbocycles. The fourth-order valence-corrected chi connectivity index (χ4v) is 5.82. The van der Waals surface area contributed by atoms with Crippen LogP contribution in [0.15, 0.2) is 121 Å². The molecule has 0 unspecified atom stereocenters. The van der Waals surface area contributed by atoms with Crippen molar-refractivity contribution >= 4 is 5.97 Å². The van der Waals surface area contributed by atoms with Crippen molar-refractivity contribution in [2.45, 2.75) is 82.7 Å². The summed E-state index contributed by atoms with van der Waals surface area (Å²) >= 11 is 0. The third-order valence-electron chi connectivity index (χ3n) is 8.24. The van der Waals surface area contributed by atoms with Gasteiger partial charge in [0.2, 0.25) is 0 Å². The van der Waals surface area contributed by atoms with Crippen LogP contribution in [0, 0.1) is 0 Å². The summed E-state index contributed by atoms with van der Waals surface area (Å²) in [5.41, 5.74) is 4.08. The van der Waals surface area contributed by atoms with Gasteiger partial charge in [-0.3, -0.25) is 10.1 Å². The predicted octanol–water partition coefficient (Wildman–Crippen LogP) is 6.72.